The molecule has 0 saturated heterocycles. The number of hydrogen-bond donors (Lipinski definition) is 2. The molecule has 0 radical (unpaired) electrons. The second-order valence-corrected chi connectivity index (χ2v) is 5.61. The minimum Gasteiger partial charge on any atom is -0.474 e. The molecular weight excluding hydrogens is 276 g/mol. The molecule has 1 aliphatic rings. The molecule has 0 atom stereocenters. The molecule has 1 saturated carbocycles. The van der Waals surface area contributed by atoms with Crippen LogP contribution in [0.1, 0.15) is 51.5 Å². The van der Waals surface area contributed by atoms with Gasteiger partial charge in [-0.15, -0.1) is 0 Å². The van der Waals surface area contributed by atoms with Crippen molar-refractivity contribution in [1.82, 2.24) is 15.6 Å². The summed E-state index contributed by atoms with van der Waals surface area (Å²) in [6, 6.07) is 3.99. The maximum atomic E-state index is 6.06. The van der Waals surface area contributed by atoms with E-state index in [1.165, 1.54) is 12.8 Å². The molecule has 0 amide bonds. The summed E-state index contributed by atoms with van der Waals surface area (Å²) in [5, 5.41) is 6.57. The Bertz CT molecular complexity index is 469. The number of aromatic nitrogens is 1. The van der Waals surface area contributed by atoms with E-state index in [2.05, 4.69) is 34.5 Å². The molecule has 0 spiro atoms. The Morgan fingerprint density at radius 2 is 2.14 bits per heavy atom. The van der Waals surface area contributed by atoms with Gasteiger partial charge in [0, 0.05) is 24.8 Å². The molecule has 122 valence electrons. The highest BCUT2D eigenvalue weighted by atomic mass is 16.5. The number of ether oxygens (including phenoxy) is 1. The zero-order valence-electron chi connectivity index (χ0n) is 13.8. The first-order chi connectivity index (χ1) is 10.8. The zero-order valence-corrected chi connectivity index (χ0v) is 13.8. The summed E-state index contributed by atoms with van der Waals surface area (Å²) in [5.41, 5.74) is 1.04. The second-order valence-electron chi connectivity index (χ2n) is 5.61. The highest BCUT2D eigenvalue weighted by molar-refractivity contribution is 5.79. The Labute approximate surface area is 133 Å². The van der Waals surface area contributed by atoms with E-state index < -0.39 is 0 Å². The summed E-state index contributed by atoms with van der Waals surface area (Å²) in [6.45, 7) is 6.57. The highest BCUT2D eigenvalue weighted by Crippen LogP contribution is 2.25. The van der Waals surface area contributed by atoms with Gasteiger partial charge in [-0.1, -0.05) is 13.0 Å². The van der Waals surface area contributed by atoms with Gasteiger partial charge < -0.3 is 15.4 Å². The maximum absolute atomic E-state index is 6.06. The molecule has 1 aromatic heterocycles. The monoisotopic (exact) mass is 304 g/mol. The third-order valence-corrected chi connectivity index (χ3v) is 3.72. The third-order valence-electron chi connectivity index (χ3n) is 3.72. The Hall–Kier alpha value is -1.78. The van der Waals surface area contributed by atoms with Crippen molar-refractivity contribution in [2.24, 2.45) is 4.99 Å². The molecular formula is C17H28N4O. The van der Waals surface area contributed by atoms with Crippen molar-refractivity contribution in [2.75, 3.05) is 13.1 Å². The molecule has 0 bridgehead atoms. The molecule has 1 fully saturated rings. The van der Waals surface area contributed by atoms with Gasteiger partial charge in [0.15, 0.2) is 5.96 Å². The quantitative estimate of drug-likeness (QED) is 0.601. The number of nitrogens with one attached hydrogen (secondary N) is 2. The predicted molar refractivity (Wildman–Crippen MR) is 90.2 cm³/mol. The van der Waals surface area contributed by atoms with Gasteiger partial charge in [0.1, 0.15) is 6.10 Å². The Balaban J connectivity index is 2.00. The molecule has 2 N–H and O–H groups in total. The van der Waals surface area contributed by atoms with Crippen LogP contribution in [-0.4, -0.2) is 30.1 Å². The number of pyridine rings is 1. The third kappa shape index (κ3) is 5.20. The van der Waals surface area contributed by atoms with Gasteiger partial charge in [-0.2, -0.15) is 0 Å². The molecule has 5 heteroatoms. The Morgan fingerprint density at radius 1 is 1.32 bits per heavy atom. The van der Waals surface area contributed by atoms with E-state index in [0.29, 0.717) is 12.6 Å². The fourth-order valence-corrected chi connectivity index (χ4v) is 2.56. The van der Waals surface area contributed by atoms with Crippen molar-refractivity contribution in [3.8, 4) is 5.88 Å². The van der Waals surface area contributed by atoms with Gasteiger partial charge in [0.05, 0.1) is 6.54 Å². The van der Waals surface area contributed by atoms with Crippen LogP contribution < -0.4 is 15.4 Å². The van der Waals surface area contributed by atoms with Crippen molar-refractivity contribution >= 4 is 5.96 Å². The van der Waals surface area contributed by atoms with Crippen molar-refractivity contribution in [2.45, 2.75) is 58.6 Å². The molecule has 2 rings (SSSR count). The van der Waals surface area contributed by atoms with Crippen LogP contribution in [0.5, 0.6) is 5.88 Å². The van der Waals surface area contributed by atoms with E-state index in [9.17, 15) is 0 Å². The van der Waals surface area contributed by atoms with Crippen LogP contribution in [0.25, 0.3) is 0 Å². The van der Waals surface area contributed by atoms with Gasteiger partial charge in [0.2, 0.25) is 5.88 Å². The number of hydrogen-bond acceptors (Lipinski definition) is 3. The minimum atomic E-state index is 0.323. The molecule has 1 heterocycles. The number of aliphatic imine (C=N–C) groups is 1. The molecule has 5 nitrogen and oxygen atoms in total. The first-order valence-corrected chi connectivity index (χ1v) is 8.46. The summed E-state index contributed by atoms with van der Waals surface area (Å²) in [4.78, 5) is 9.03. The fraction of sp³-hybridized carbons (Fsp3) is 0.647. The van der Waals surface area contributed by atoms with Crippen LogP contribution >= 0.6 is 0 Å². The van der Waals surface area contributed by atoms with Crippen LogP contribution in [0.4, 0.5) is 0 Å². The van der Waals surface area contributed by atoms with E-state index in [1.54, 1.807) is 6.20 Å². The summed E-state index contributed by atoms with van der Waals surface area (Å²) in [6.07, 6.45) is 7.99. The maximum Gasteiger partial charge on any atom is 0.218 e. The second kappa shape index (κ2) is 9.28. The lowest BCUT2D eigenvalue weighted by molar-refractivity contribution is 0.199. The van der Waals surface area contributed by atoms with E-state index in [0.717, 1.165) is 49.8 Å². The van der Waals surface area contributed by atoms with Gasteiger partial charge >= 0.3 is 0 Å². The standard InChI is InChI=1S/C17H28N4O/c1-3-11-20-17(18-4-2)21-13-14-8-7-12-19-16(14)22-15-9-5-6-10-15/h7-8,12,15H,3-6,9-11,13H2,1-2H3,(H2,18,20,21). The topological polar surface area (TPSA) is 58.5 Å². The first-order valence-electron chi connectivity index (χ1n) is 8.46. The molecule has 1 aromatic rings. The zero-order chi connectivity index (χ0) is 15.6. The van der Waals surface area contributed by atoms with E-state index in [4.69, 9.17) is 4.74 Å². The summed E-state index contributed by atoms with van der Waals surface area (Å²) in [7, 11) is 0. The van der Waals surface area contributed by atoms with E-state index in [1.807, 2.05) is 12.1 Å². The summed E-state index contributed by atoms with van der Waals surface area (Å²) >= 11 is 0. The van der Waals surface area contributed by atoms with E-state index >= 15 is 0 Å². The number of nitrogens with zero attached hydrogens (tertiary/aromatic N) is 2. The average Bonchev–Trinajstić information content (AvgIpc) is 3.04. The first kappa shape index (κ1) is 16.6. The number of guanidine groups is 1. The molecule has 0 aliphatic heterocycles. The fourth-order valence-electron chi connectivity index (χ4n) is 2.56. The Morgan fingerprint density at radius 3 is 2.86 bits per heavy atom. The average molecular weight is 304 g/mol. The van der Waals surface area contributed by atoms with Crippen LogP contribution in [-0.2, 0) is 6.54 Å². The summed E-state index contributed by atoms with van der Waals surface area (Å²) < 4.78 is 6.06. The molecule has 0 aromatic carbocycles. The Kier molecular flexibility index (Phi) is 7.00. The molecule has 0 unspecified atom stereocenters. The van der Waals surface area contributed by atoms with Crippen LogP contribution in [0, 0.1) is 0 Å². The lowest BCUT2D eigenvalue weighted by Gasteiger charge is -2.15. The van der Waals surface area contributed by atoms with Crippen LogP contribution in [0.2, 0.25) is 0 Å². The van der Waals surface area contributed by atoms with Crippen LogP contribution in [0.3, 0.4) is 0 Å². The van der Waals surface area contributed by atoms with E-state index in [-0.39, 0.29) is 0 Å². The van der Waals surface area contributed by atoms with Crippen LogP contribution in [0.15, 0.2) is 23.3 Å². The SMILES string of the molecule is CCCNC(=NCc1cccnc1OC1CCCC1)NCC. The lowest BCUT2D eigenvalue weighted by Crippen LogP contribution is -2.37. The van der Waals surface area contributed by atoms with Crippen molar-refractivity contribution in [3.63, 3.8) is 0 Å². The normalized spacial score (nSPS) is 15.8. The van der Waals surface area contributed by atoms with Gasteiger partial charge in [-0.05, 0) is 45.1 Å². The number of rotatable bonds is 7. The lowest BCUT2D eigenvalue weighted by atomic mass is 10.2. The van der Waals surface area contributed by atoms with Crippen molar-refractivity contribution < 1.29 is 4.74 Å². The van der Waals surface area contributed by atoms with Gasteiger partial charge in [-0.3, -0.25) is 0 Å². The van der Waals surface area contributed by atoms with Gasteiger partial charge in [-0.25, -0.2) is 9.98 Å². The molecule has 1 aliphatic carbocycles. The smallest absolute Gasteiger partial charge is 0.218 e. The summed E-state index contributed by atoms with van der Waals surface area (Å²) in [5.74, 6) is 1.59. The molecule has 22 heavy (non-hydrogen) atoms. The minimum absolute atomic E-state index is 0.323. The highest BCUT2D eigenvalue weighted by Gasteiger charge is 2.18. The largest absolute Gasteiger partial charge is 0.474 e. The van der Waals surface area contributed by atoms with Crippen molar-refractivity contribution in [3.05, 3.63) is 23.9 Å². The van der Waals surface area contributed by atoms with Gasteiger partial charge in [0.25, 0.3) is 0 Å². The van der Waals surface area contributed by atoms with Crippen molar-refractivity contribution in [1.29, 1.82) is 0 Å². The predicted octanol–water partition coefficient (Wildman–Crippen LogP) is 2.87.